The van der Waals surface area contributed by atoms with E-state index in [9.17, 15) is 4.79 Å². The molecular weight excluding hydrogens is 208 g/mol. The van der Waals surface area contributed by atoms with Crippen molar-refractivity contribution in [3.8, 4) is 0 Å². The van der Waals surface area contributed by atoms with Gasteiger partial charge in [0.1, 0.15) is 5.78 Å². The van der Waals surface area contributed by atoms with Crippen LogP contribution in [0.15, 0.2) is 30.3 Å². The van der Waals surface area contributed by atoms with Crippen LogP contribution in [0.1, 0.15) is 44.6 Å². The van der Waals surface area contributed by atoms with E-state index in [2.05, 4.69) is 31.2 Å². The molecule has 1 aromatic carbocycles. The van der Waals surface area contributed by atoms with Crippen LogP contribution in [0.3, 0.4) is 0 Å². The molecule has 0 amide bonds. The van der Waals surface area contributed by atoms with E-state index in [4.69, 9.17) is 0 Å². The summed E-state index contributed by atoms with van der Waals surface area (Å²) in [5.41, 5.74) is 1.35. The molecule has 1 aromatic rings. The highest BCUT2D eigenvalue weighted by atomic mass is 16.1. The normalized spacial score (nSPS) is 23.8. The molecule has 1 nitrogen and oxygen atoms in total. The maximum Gasteiger partial charge on any atom is 0.135 e. The van der Waals surface area contributed by atoms with Gasteiger partial charge in [-0.3, -0.25) is 4.79 Å². The van der Waals surface area contributed by atoms with Crippen LogP contribution in [0, 0.1) is 11.8 Å². The number of carbonyl (C=O) groups excluding carboxylic acids is 1. The van der Waals surface area contributed by atoms with E-state index in [-0.39, 0.29) is 0 Å². The van der Waals surface area contributed by atoms with Gasteiger partial charge in [0.15, 0.2) is 0 Å². The molecule has 92 valence electrons. The molecule has 2 atom stereocenters. The second-order valence-electron chi connectivity index (χ2n) is 5.42. The van der Waals surface area contributed by atoms with E-state index in [0.29, 0.717) is 11.7 Å². The summed E-state index contributed by atoms with van der Waals surface area (Å²) in [5, 5.41) is 0. The Morgan fingerprint density at radius 3 is 2.65 bits per heavy atom. The van der Waals surface area contributed by atoms with Crippen molar-refractivity contribution in [3.63, 3.8) is 0 Å². The Bertz CT molecular complexity index is 355. The summed E-state index contributed by atoms with van der Waals surface area (Å²) >= 11 is 0. The molecule has 0 N–H and O–H groups in total. The van der Waals surface area contributed by atoms with Gasteiger partial charge in [0.05, 0.1) is 0 Å². The maximum absolute atomic E-state index is 12.0. The van der Waals surface area contributed by atoms with Gasteiger partial charge in [0, 0.05) is 12.3 Å². The highest BCUT2D eigenvalue weighted by Gasteiger charge is 2.26. The number of benzene rings is 1. The zero-order chi connectivity index (χ0) is 12.1. The van der Waals surface area contributed by atoms with Gasteiger partial charge in [-0.05, 0) is 43.6 Å². The van der Waals surface area contributed by atoms with Crippen LogP contribution in [-0.4, -0.2) is 5.78 Å². The van der Waals surface area contributed by atoms with Crippen molar-refractivity contribution in [2.24, 2.45) is 11.8 Å². The lowest BCUT2D eigenvalue weighted by Gasteiger charge is -2.08. The average molecular weight is 230 g/mol. The number of aryl methyl sites for hydroxylation is 1. The third kappa shape index (κ3) is 3.69. The Balaban J connectivity index is 1.70. The number of Topliss-reactive ketones (excluding diaryl/α,β-unsaturated/α-hetero) is 1. The molecule has 0 saturated heterocycles. The standard InChI is InChI=1S/C16H22O/c1-13-10-11-15(12-13)16(17)9-5-8-14-6-3-2-4-7-14/h2-4,6-7,13,15H,5,8-12H2,1H3. The van der Waals surface area contributed by atoms with E-state index in [1.165, 1.54) is 12.0 Å². The first kappa shape index (κ1) is 12.3. The van der Waals surface area contributed by atoms with Crippen LogP contribution in [-0.2, 0) is 11.2 Å². The van der Waals surface area contributed by atoms with Gasteiger partial charge in [0.2, 0.25) is 0 Å². The molecule has 17 heavy (non-hydrogen) atoms. The van der Waals surface area contributed by atoms with Crippen molar-refractivity contribution in [1.82, 2.24) is 0 Å². The lowest BCUT2D eigenvalue weighted by Crippen LogP contribution is -2.11. The third-order valence-electron chi connectivity index (χ3n) is 3.88. The maximum atomic E-state index is 12.0. The molecule has 0 heterocycles. The van der Waals surface area contributed by atoms with Crippen LogP contribution in [0.25, 0.3) is 0 Å². The minimum absolute atomic E-state index is 0.376. The number of ketones is 1. The first-order valence-corrected chi connectivity index (χ1v) is 6.82. The van der Waals surface area contributed by atoms with Crippen LogP contribution >= 0.6 is 0 Å². The molecule has 0 bridgehead atoms. The van der Waals surface area contributed by atoms with Crippen molar-refractivity contribution < 1.29 is 4.79 Å². The molecule has 2 unspecified atom stereocenters. The van der Waals surface area contributed by atoms with E-state index in [0.717, 1.165) is 38.0 Å². The Kier molecular flexibility index (Phi) is 4.36. The Labute approximate surface area is 104 Å². The van der Waals surface area contributed by atoms with E-state index in [1.54, 1.807) is 0 Å². The molecule has 0 radical (unpaired) electrons. The van der Waals surface area contributed by atoms with Gasteiger partial charge in [0.25, 0.3) is 0 Å². The smallest absolute Gasteiger partial charge is 0.135 e. The van der Waals surface area contributed by atoms with Crippen LogP contribution in [0.4, 0.5) is 0 Å². The number of rotatable bonds is 5. The van der Waals surface area contributed by atoms with Crippen molar-refractivity contribution in [2.45, 2.75) is 45.4 Å². The number of hydrogen-bond donors (Lipinski definition) is 0. The fourth-order valence-corrected chi connectivity index (χ4v) is 2.82. The fourth-order valence-electron chi connectivity index (χ4n) is 2.82. The molecule has 1 saturated carbocycles. The summed E-state index contributed by atoms with van der Waals surface area (Å²) in [4.78, 5) is 12.0. The lowest BCUT2D eigenvalue weighted by molar-refractivity contribution is -0.122. The van der Waals surface area contributed by atoms with Crippen LogP contribution in [0.2, 0.25) is 0 Å². The fraction of sp³-hybridized carbons (Fsp3) is 0.562. The Hall–Kier alpha value is -1.11. The lowest BCUT2D eigenvalue weighted by atomic mass is 9.96. The molecule has 1 heteroatoms. The van der Waals surface area contributed by atoms with E-state index in [1.807, 2.05) is 6.07 Å². The molecule has 1 fully saturated rings. The molecule has 0 spiro atoms. The van der Waals surface area contributed by atoms with E-state index >= 15 is 0 Å². The summed E-state index contributed by atoms with van der Waals surface area (Å²) in [6.45, 7) is 2.26. The van der Waals surface area contributed by atoms with Crippen LogP contribution in [0.5, 0.6) is 0 Å². The highest BCUT2D eigenvalue weighted by molar-refractivity contribution is 5.81. The minimum atomic E-state index is 0.376. The minimum Gasteiger partial charge on any atom is -0.299 e. The van der Waals surface area contributed by atoms with Crippen molar-refractivity contribution in [3.05, 3.63) is 35.9 Å². The van der Waals surface area contributed by atoms with Crippen molar-refractivity contribution >= 4 is 5.78 Å². The number of hydrogen-bond acceptors (Lipinski definition) is 1. The van der Waals surface area contributed by atoms with Gasteiger partial charge in [-0.15, -0.1) is 0 Å². The molecule has 1 aliphatic rings. The second kappa shape index (κ2) is 6.00. The molecule has 0 aromatic heterocycles. The summed E-state index contributed by atoms with van der Waals surface area (Å²) in [6, 6.07) is 10.4. The SMILES string of the molecule is CC1CCC(C(=O)CCCc2ccccc2)C1. The van der Waals surface area contributed by atoms with Gasteiger partial charge in [-0.2, -0.15) is 0 Å². The van der Waals surface area contributed by atoms with Gasteiger partial charge in [-0.1, -0.05) is 37.3 Å². The van der Waals surface area contributed by atoms with E-state index < -0.39 is 0 Å². The van der Waals surface area contributed by atoms with Gasteiger partial charge >= 0.3 is 0 Å². The van der Waals surface area contributed by atoms with Crippen LogP contribution < -0.4 is 0 Å². The first-order valence-electron chi connectivity index (χ1n) is 6.82. The Morgan fingerprint density at radius 1 is 1.24 bits per heavy atom. The highest BCUT2D eigenvalue weighted by Crippen LogP contribution is 2.31. The molecule has 2 rings (SSSR count). The van der Waals surface area contributed by atoms with Gasteiger partial charge in [-0.25, -0.2) is 0 Å². The first-order chi connectivity index (χ1) is 8.25. The quantitative estimate of drug-likeness (QED) is 0.746. The summed E-state index contributed by atoms with van der Waals surface area (Å²) in [6.07, 6.45) is 6.32. The molecule has 0 aliphatic heterocycles. The molecular formula is C16H22O. The largest absolute Gasteiger partial charge is 0.299 e. The Morgan fingerprint density at radius 2 is 2.00 bits per heavy atom. The summed E-state index contributed by atoms with van der Waals surface area (Å²) < 4.78 is 0. The predicted octanol–water partition coefficient (Wildman–Crippen LogP) is 4.01. The monoisotopic (exact) mass is 230 g/mol. The summed E-state index contributed by atoms with van der Waals surface area (Å²) in [7, 11) is 0. The van der Waals surface area contributed by atoms with Gasteiger partial charge < -0.3 is 0 Å². The zero-order valence-corrected chi connectivity index (χ0v) is 10.7. The molecule has 1 aliphatic carbocycles. The summed E-state index contributed by atoms with van der Waals surface area (Å²) in [5.74, 6) is 1.64. The average Bonchev–Trinajstić information content (AvgIpc) is 2.77. The van der Waals surface area contributed by atoms with Crippen molar-refractivity contribution in [1.29, 1.82) is 0 Å². The second-order valence-corrected chi connectivity index (χ2v) is 5.42. The predicted molar refractivity (Wildman–Crippen MR) is 70.9 cm³/mol. The van der Waals surface area contributed by atoms with Crippen molar-refractivity contribution in [2.75, 3.05) is 0 Å². The third-order valence-corrected chi connectivity index (χ3v) is 3.88. The number of carbonyl (C=O) groups is 1. The zero-order valence-electron chi connectivity index (χ0n) is 10.7. The topological polar surface area (TPSA) is 17.1 Å².